The van der Waals surface area contributed by atoms with Crippen LogP contribution in [0.3, 0.4) is 0 Å². The molecule has 0 N–H and O–H groups in total. The van der Waals surface area contributed by atoms with Gasteiger partial charge < -0.3 is 0 Å². The van der Waals surface area contributed by atoms with Gasteiger partial charge in [0.05, 0.1) is 0 Å². The lowest BCUT2D eigenvalue weighted by molar-refractivity contribution is 0.303. The van der Waals surface area contributed by atoms with Crippen molar-refractivity contribution in [2.75, 3.05) is 0 Å². The maximum atomic E-state index is 2.48. The van der Waals surface area contributed by atoms with Crippen LogP contribution in [0.15, 0.2) is 23.8 Å². The zero-order valence-corrected chi connectivity index (χ0v) is 10.5. The van der Waals surface area contributed by atoms with E-state index in [9.17, 15) is 0 Å². The second kappa shape index (κ2) is 3.56. The van der Waals surface area contributed by atoms with Crippen LogP contribution in [-0.2, 0) is 0 Å². The van der Waals surface area contributed by atoms with Crippen LogP contribution in [0.5, 0.6) is 0 Å². The Morgan fingerprint density at radius 3 is 2.36 bits per heavy atom. The van der Waals surface area contributed by atoms with Gasteiger partial charge in [-0.2, -0.15) is 0 Å². The summed E-state index contributed by atoms with van der Waals surface area (Å²) in [4.78, 5) is 0. The summed E-state index contributed by atoms with van der Waals surface area (Å²) in [6.45, 7) is 13.8. The summed E-state index contributed by atoms with van der Waals surface area (Å²) in [5.74, 6) is 0.665. The van der Waals surface area contributed by atoms with E-state index in [2.05, 4.69) is 59.8 Å². The molecular weight excluding hydrogens is 168 g/mol. The normalized spacial score (nSPS) is 33.0. The van der Waals surface area contributed by atoms with Gasteiger partial charge in [0.2, 0.25) is 0 Å². The van der Waals surface area contributed by atoms with E-state index in [0.717, 1.165) is 0 Å². The van der Waals surface area contributed by atoms with Gasteiger partial charge in [-0.05, 0) is 28.7 Å². The minimum atomic E-state index is 0.285. The molecule has 0 amide bonds. The van der Waals surface area contributed by atoms with E-state index in [1.165, 1.54) is 12.0 Å². The summed E-state index contributed by atoms with van der Waals surface area (Å²) in [7, 11) is 0. The summed E-state index contributed by atoms with van der Waals surface area (Å²) in [6, 6.07) is 0. The summed E-state index contributed by atoms with van der Waals surface area (Å²) < 4.78 is 0. The highest BCUT2D eigenvalue weighted by Crippen LogP contribution is 2.42. The molecule has 0 aromatic carbocycles. The third-order valence-electron chi connectivity index (χ3n) is 3.72. The highest BCUT2D eigenvalue weighted by atomic mass is 14.3. The minimum absolute atomic E-state index is 0.285. The number of hydrogen-bond donors (Lipinski definition) is 0. The van der Waals surface area contributed by atoms with Gasteiger partial charge in [-0.25, -0.2) is 0 Å². The maximum Gasteiger partial charge on any atom is -0.00829 e. The molecule has 0 spiro atoms. The quantitative estimate of drug-likeness (QED) is 0.570. The van der Waals surface area contributed by atoms with Gasteiger partial charge >= 0.3 is 0 Å². The predicted molar refractivity (Wildman–Crippen MR) is 64.2 cm³/mol. The molecule has 1 aliphatic rings. The van der Waals surface area contributed by atoms with Crippen molar-refractivity contribution in [3.8, 4) is 0 Å². The van der Waals surface area contributed by atoms with Crippen LogP contribution in [0, 0.1) is 16.7 Å². The molecule has 1 aliphatic carbocycles. The SMILES string of the molecule is CCC1(C)C=C(C(C)(C)C)C=CC1C. The first-order valence-corrected chi connectivity index (χ1v) is 5.71. The minimum Gasteiger partial charge on any atom is -0.0806 e. The third kappa shape index (κ3) is 2.10. The van der Waals surface area contributed by atoms with E-state index in [4.69, 9.17) is 0 Å². The molecule has 14 heavy (non-hydrogen) atoms. The highest BCUT2D eigenvalue weighted by Gasteiger charge is 2.30. The summed E-state index contributed by atoms with van der Waals surface area (Å²) in [6.07, 6.45) is 8.38. The lowest BCUT2D eigenvalue weighted by atomic mass is 9.68. The van der Waals surface area contributed by atoms with Gasteiger partial charge in [0.15, 0.2) is 0 Å². The van der Waals surface area contributed by atoms with Crippen LogP contribution >= 0.6 is 0 Å². The molecule has 0 radical (unpaired) electrons. The molecule has 1 rings (SSSR count). The Bertz CT molecular complexity index is 262. The lowest BCUT2D eigenvalue weighted by Gasteiger charge is -2.36. The number of allylic oxidation sites excluding steroid dienone is 4. The Labute approximate surface area is 89.1 Å². The van der Waals surface area contributed by atoms with Gasteiger partial charge in [0.25, 0.3) is 0 Å². The lowest BCUT2D eigenvalue weighted by Crippen LogP contribution is -2.26. The van der Waals surface area contributed by atoms with Crippen molar-refractivity contribution in [2.24, 2.45) is 16.7 Å². The Morgan fingerprint density at radius 1 is 1.36 bits per heavy atom. The topological polar surface area (TPSA) is 0 Å². The summed E-state index contributed by atoms with van der Waals surface area (Å²) >= 11 is 0. The van der Waals surface area contributed by atoms with Gasteiger partial charge in [0, 0.05) is 0 Å². The average molecular weight is 192 g/mol. The van der Waals surface area contributed by atoms with Crippen molar-refractivity contribution in [1.29, 1.82) is 0 Å². The molecule has 0 nitrogen and oxygen atoms in total. The van der Waals surface area contributed by atoms with Crippen molar-refractivity contribution in [2.45, 2.75) is 48.0 Å². The van der Waals surface area contributed by atoms with E-state index in [0.29, 0.717) is 11.3 Å². The highest BCUT2D eigenvalue weighted by molar-refractivity contribution is 5.32. The first kappa shape index (κ1) is 11.6. The Morgan fingerprint density at radius 2 is 1.93 bits per heavy atom. The second-order valence-corrected chi connectivity index (χ2v) is 5.86. The average Bonchev–Trinajstić information content (AvgIpc) is 2.08. The monoisotopic (exact) mass is 192 g/mol. The fourth-order valence-electron chi connectivity index (χ4n) is 1.89. The van der Waals surface area contributed by atoms with Crippen molar-refractivity contribution in [1.82, 2.24) is 0 Å². The Hall–Kier alpha value is -0.520. The predicted octanol–water partition coefficient (Wildman–Crippen LogP) is 4.58. The zero-order valence-electron chi connectivity index (χ0n) is 10.5. The molecule has 0 aromatic heterocycles. The Balaban J connectivity index is 3.03. The molecule has 0 fully saturated rings. The zero-order chi connectivity index (χ0) is 11.0. The summed E-state index contributed by atoms with van der Waals surface area (Å²) in [5.41, 5.74) is 2.13. The molecule has 0 heteroatoms. The van der Waals surface area contributed by atoms with Gasteiger partial charge in [-0.15, -0.1) is 0 Å². The number of hydrogen-bond acceptors (Lipinski definition) is 0. The molecule has 0 saturated carbocycles. The molecule has 0 bridgehead atoms. The maximum absolute atomic E-state index is 2.48. The van der Waals surface area contributed by atoms with E-state index in [-0.39, 0.29) is 5.41 Å². The second-order valence-electron chi connectivity index (χ2n) is 5.86. The molecule has 2 unspecified atom stereocenters. The Kier molecular flexibility index (Phi) is 2.94. The summed E-state index contributed by atoms with van der Waals surface area (Å²) in [5, 5.41) is 0. The molecule has 0 aromatic rings. The number of rotatable bonds is 1. The first-order chi connectivity index (χ1) is 6.29. The smallest absolute Gasteiger partial charge is 0.00829 e. The van der Waals surface area contributed by atoms with Gasteiger partial charge in [-0.1, -0.05) is 59.8 Å². The van der Waals surface area contributed by atoms with Crippen molar-refractivity contribution in [3.63, 3.8) is 0 Å². The molecule has 80 valence electrons. The molecule has 0 heterocycles. The fourth-order valence-corrected chi connectivity index (χ4v) is 1.89. The standard InChI is InChI=1S/C14H24/c1-7-14(6)10-12(13(3,4)5)9-8-11(14)2/h8-11H,7H2,1-6H3. The van der Waals surface area contributed by atoms with Crippen LogP contribution in [0.4, 0.5) is 0 Å². The van der Waals surface area contributed by atoms with Crippen LogP contribution < -0.4 is 0 Å². The van der Waals surface area contributed by atoms with Crippen molar-refractivity contribution >= 4 is 0 Å². The fraction of sp³-hybridized carbons (Fsp3) is 0.714. The van der Waals surface area contributed by atoms with Crippen LogP contribution in [0.2, 0.25) is 0 Å². The largest absolute Gasteiger partial charge is 0.0806 e. The molecule has 2 atom stereocenters. The van der Waals surface area contributed by atoms with Gasteiger partial charge in [0.1, 0.15) is 0 Å². The van der Waals surface area contributed by atoms with Crippen LogP contribution in [-0.4, -0.2) is 0 Å². The molecular formula is C14H24. The first-order valence-electron chi connectivity index (χ1n) is 5.71. The third-order valence-corrected chi connectivity index (χ3v) is 3.72. The molecule has 0 saturated heterocycles. The van der Waals surface area contributed by atoms with Crippen LogP contribution in [0.1, 0.15) is 48.0 Å². The molecule has 0 aliphatic heterocycles. The van der Waals surface area contributed by atoms with Gasteiger partial charge in [-0.3, -0.25) is 0 Å². The van der Waals surface area contributed by atoms with E-state index < -0.39 is 0 Å². The van der Waals surface area contributed by atoms with Crippen molar-refractivity contribution < 1.29 is 0 Å². The van der Waals surface area contributed by atoms with Crippen molar-refractivity contribution in [3.05, 3.63) is 23.8 Å². The van der Waals surface area contributed by atoms with E-state index >= 15 is 0 Å². The van der Waals surface area contributed by atoms with Crippen LogP contribution in [0.25, 0.3) is 0 Å². The van der Waals surface area contributed by atoms with E-state index in [1.54, 1.807) is 0 Å². The van der Waals surface area contributed by atoms with E-state index in [1.807, 2.05) is 0 Å².